The standard InChI is InChI=1S/C19H28N2O3/c1-20(14-17-6-3-7-18(17)22)19(23)16-5-2-4-15(12-16)13-21-8-10-24-11-9-21/h2,4-5,12,17-18,22H,3,6-11,13-14H2,1H3. The van der Waals surface area contributed by atoms with Crippen molar-refractivity contribution in [3.05, 3.63) is 35.4 Å². The molecule has 0 aromatic heterocycles. The summed E-state index contributed by atoms with van der Waals surface area (Å²) in [6.07, 6.45) is 2.67. The van der Waals surface area contributed by atoms with Crippen molar-refractivity contribution in [1.29, 1.82) is 0 Å². The smallest absolute Gasteiger partial charge is 0.253 e. The summed E-state index contributed by atoms with van der Waals surface area (Å²) in [4.78, 5) is 16.8. The number of morpholine rings is 1. The average molecular weight is 332 g/mol. The topological polar surface area (TPSA) is 53.0 Å². The van der Waals surface area contributed by atoms with Crippen LogP contribution in [0.4, 0.5) is 0 Å². The number of amides is 1. The fourth-order valence-electron chi connectivity index (χ4n) is 3.71. The number of hydrogen-bond donors (Lipinski definition) is 1. The van der Waals surface area contributed by atoms with Gasteiger partial charge in [-0.1, -0.05) is 18.6 Å². The number of nitrogens with zero attached hydrogens (tertiary/aromatic N) is 2. The van der Waals surface area contributed by atoms with Gasteiger partial charge in [0.1, 0.15) is 0 Å². The Hall–Kier alpha value is -1.43. The minimum Gasteiger partial charge on any atom is -0.393 e. The molecule has 24 heavy (non-hydrogen) atoms. The summed E-state index contributed by atoms with van der Waals surface area (Å²) in [6, 6.07) is 7.92. The molecule has 1 aliphatic heterocycles. The van der Waals surface area contributed by atoms with E-state index in [1.165, 1.54) is 0 Å². The molecule has 1 aliphatic carbocycles. The van der Waals surface area contributed by atoms with Crippen LogP contribution in [-0.2, 0) is 11.3 Å². The summed E-state index contributed by atoms with van der Waals surface area (Å²) in [7, 11) is 1.84. The van der Waals surface area contributed by atoms with Gasteiger partial charge in [0.2, 0.25) is 0 Å². The lowest BCUT2D eigenvalue weighted by molar-refractivity contribution is 0.0341. The first-order chi connectivity index (χ1) is 11.6. The Morgan fingerprint density at radius 2 is 2.12 bits per heavy atom. The third-order valence-corrected chi connectivity index (χ3v) is 5.16. The molecule has 1 saturated carbocycles. The number of rotatable bonds is 5. The molecule has 132 valence electrons. The maximum absolute atomic E-state index is 12.7. The number of carbonyl (C=O) groups excluding carboxylic acids is 1. The molecule has 2 atom stereocenters. The Morgan fingerprint density at radius 1 is 1.33 bits per heavy atom. The summed E-state index contributed by atoms with van der Waals surface area (Å²) >= 11 is 0. The van der Waals surface area contributed by atoms with E-state index in [0.29, 0.717) is 6.54 Å². The molecule has 1 aromatic carbocycles. The van der Waals surface area contributed by atoms with Crippen LogP contribution >= 0.6 is 0 Å². The molecule has 5 nitrogen and oxygen atoms in total. The molecular formula is C19H28N2O3. The van der Waals surface area contributed by atoms with Crippen molar-refractivity contribution in [2.75, 3.05) is 39.9 Å². The number of aliphatic hydroxyl groups is 1. The lowest BCUT2D eigenvalue weighted by Gasteiger charge is -2.27. The Bertz CT molecular complexity index is 557. The van der Waals surface area contributed by atoms with Crippen LogP contribution in [0.1, 0.15) is 35.2 Å². The van der Waals surface area contributed by atoms with Gasteiger partial charge in [0.05, 0.1) is 19.3 Å². The number of hydrogen-bond acceptors (Lipinski definition) is 4. The molecule has 1 N–H and O–H groups in total. The van der Waals surface area contributed by atoms with Crippen LogP contribution in [0.15, 0.2) is 24.3 Å². The van der Waals surface area contributed by atoms with E-state index >= 15 is 0 Å². The maximum atomic E-state index is 12.7. The van der Waals surface area contributed by atoms with Gasteiger partial charge in [-0.3, -0.25) is 9.69 Å². The highest BCUT2D eigenvalue weighted by Crippen LogP contribution is 2.26. The van der Waals surface area contributed by atoms with Crippen LogP contribution in [0.5, 0.6) is 0 Å². The van der Waals surface area contributed by atoms with Gasteiger partial charge in [0.15, 0.2) is 0 Å². The number of ether oxygens (including phenoxy) is 1. The molecule has 0 radical (unpaired) electrons. The van der Waals surface area contributed by atoms with E-state index in [1.807, 2.05) is 25.2 Å². The predicted molar refractivity (Wildman–Crippen MR) is 92.8 cm³/mol. The zero-order chi connectivity index (χ0) is 16.9. The highest BCUT2D eigenvalue weighted by atomic mass is 16.5. The zero-order valence-corrected chi connectivity index (χ0v) is 14.5. The Labute approximate surface area is 144 Å². The van der Waals surface area contributed by atoms with Gasteiger partial charge >= 0.3 is 0 Å². The van der Waals surface area contributed by atoms with Crippen molar-refractivity contribution < 1.29 is 14.6 Å². The van der Waals surface area contributed by atoms with Crippen molar-refractivity contribution in [2.45, 2.75) is 31.9 Å². The van der Waals surface area contributed by atoms with Crippen molar-refractivity contribution in [1.82, 2.24) is 9.80 Å². The van der Waals surface area contributed by atoms with Gasteiger partial charge in [-0.15, -0.1) is 0 Å². The van der Waals surface area contributed by atoms with Crippen LogP contribution in [0.3, 0.4) is 0 Å². The molecule has 0 spiro atoms. The van der Waals surface area contributed by atoms with Gasteiger partial charge in [-0.25, -0.2) is 0 Å². The molecule has 2 unspecified atom stereocenters. The fourth-order valence-corrected chi connectivity index (χ4v) is 3.71. The molecule has 5 heteroatoms. The third kappa shape index (κ3) is 4.35. The van der Waals surface area contributed by atoms with Gasteiger partial charge in [-0.05, 0) is 30.5 Å². The molecular weight excluding hydrogens is 304 g/mol. The van der Waals surface area contributed by atoms with E-state index in [2.05, 4.69) is 11.0 Å². The summed E-state index contributed by atoms with van der Waals surface area (Å²) in [5.41, 5.74) is 1.90. The van der Waals surface area contributed by atoms with Gasteiger partial charge < -0.3 is 14.7 Å². The first-order valence-electron chi connectivity index (χ1n) is 8.96. The predicted octanol–water partition coefficient (Wildman–Crippen LogP) is 1.75. The zero-order valence-electron chi connectivity index (χ0n) is 14.5. The highest BCUT2D eigenvalue weighted by Gasteiger charge is 2.27. The first kappa shape index (κ1) is 17.4. The molecule has 1 amide bonds. The van der Waals surface area contributed by atoms with E-state index in [0.717, 1.165) is 63.2 Å². The molecule has 3 rings (SSSR count). The van der Waals surface area contributed by atoms with Crippen molar-refractivity contribution >= 4 is 5.91 Å². The second-order valence-electron chi connectivity index (χ2n) is 7.03. The van der Waals surface area contributed by atoms with Gasteiger partial charge in [-0.2, -0.15) is 0 Å². The summed E-state index contributed by atoms with van der Waals surface area (Å²) in [5, 5.41) is 9.96. The molecule has 2 fully saturated rings. The Balaban J connectivity index is 1.60. The number of aliphatic hydroxyl groups excluding tert-OH is 1. The average Bonchev–Trinajstić information content (AvgIpc) is 3.00. The van der Waals surface area contributed by atoms with Gasteiger partial charge in [0.25, 0.3) is 5.91 Å². The van der Waals surface area contributed by atoms with E-state index in [9.17, 15) is 9.90 Å². The molecule has 1 aromatic rings. The monoisotopic (exact) mass is 332 g/mol. The van der Waals surface area contributed by atoms with Crippen LogP contribution in [0.2, 0.25) is 0 Å². The van der Waals surface area contributed by atoms with Crippen LogP contribution in [0.25, 0.3) is 0 Å². The first-order valence-corrected chi connectivity index (χ1v) is 8.96. The van der Waals surface area contributed by atoms with Crippen molar-refractivity contribution in [3.8, 4) is 0 Å². The Morgan fingerprint density at radius 3 is 2.83 bits per heavy atom. The molecule has 1 heterocycles. The lowest BCUT2D eigenvalue weighted by Crippen LogP contribution is -2.36. The largest absolute Gasteiger partial charge is 0.393 e. The van der Waals surface area contributed by atoms with Crippen LogP contribution in [-0.4, -0.2) is 66.8 Å². The summed E-state index contributed by atoms with van der Waals surface area (Å²) < 4.78 is 5.38. The maximum Gasteiger partial charge on any atom is 0.253 e. The lowest BCUT2D eigenvalue weighted by atomic mass is 10.0. The van der Waals surface area contributed by atoms with Crippen LogP contribution < -0.4 is 0 Å². The minimum atomic E-state index is -0.257. The SMILES string of the molecule is CN(CC1CCCC1O)C(=O)c1cccc(CN2CCOCC2)c1. The highest BCUT2D eigenvalue weighted by molar-refractivity contribution is 5.94. The minimum absolute atomic E-state index is 0.0397. The van der Waals surface area contributed by atoms with E-state index in [-0.39, 0.29) is 17.9 Å². The van der Waals surface area contributed by atoms with Crippen molar-refractivity contribution in [3.63, 3.8) is 0 Å². The van der Waals surface area contributed by atoms with Crippen molar-refractivity contribution in [2.24, 2.45) is 5.92 Å². The Kier molecular flexibility index (Phi) is 5.87. The second-order valence-corrected chi connectivity index (χ2v) is 7.03. The van der Waals surface area contributed by atoms with E-state index < -0.39 is 0 Å². The van der Waals surface area contributed by atoms with E-state index in [1.54, 1.807) is 4.90 Å². The third-order valence-electron chi connectivity index (χ3n) is 5.16. The number of carbonyl (C=O) groups is 1. The summed E-state index contributed by atoms with van der Waals surface area (Å²) in [6.45, 7) is 4.94. The van der Waals surface area contributed by atoms with E-state index in [4.69, 9.17) is 4.74 Å². The molecule has 2 aliphatic rings. The number of benzene rings is 1. The summed E-state index contributed by atoms with van der Waals surface area (Å²) in [5.74, 6) is 0.258. The quantitative estimate of drug-likeness (QED) is 0.893. The molecule has 1 saturated heterocycles. The second kappa shape index (κ2) is 8.10. The van der Waals surface area contributed by atoms with Gasteiger partial charge in [0, 0.05) is 44.7 Å². The fraction of sp³-hybridized carbons (Fsp3) is 0.632. The molecule has 0 bridgehead atoms. The van der Waals surface area contributed by atoms with Crippen LogP contribution in [0, 0.1) is 5.92 Å². The normalized spacial score (nSPS) is 24.9.